The maximum absolute atomic E-state index is 14.4. The molecular weight excluding hydrogens is 591 g/mol. The Morgan fingerprint density at radius 2 is 1.84 bits per heavy atom. The number of ether oxygens (including phenoxy) is 2. The lowest BCUT2D eigenvalue weighted by atomic mass is 10.1. The molecule has 0 unspecified atom stereocenters. The third-order valence-corrected chi connectivity index (χ3v) is 6.32. The van der Waals surface area contributed by atoms with Gasteiger partial charge >= 0.3 is 6.18 Å². The Balaban J connectivity index is 1.43. The SMILES string of the molecule is COc1nccc2c(-n3ncc(C(=O)Nc4cnc(-n5nncc5NCOC(C)(C)C)c(Cl)c4)c3C(F)(F)F)cccc12. The number of hydrogen-bond acceptors (Lipinski definition) is 9. The molecule has 0 aliphatic carbocycles. The Kier molecular flexibility index (Phi) is 7.94. The van der Waals surface area contributed by atoms with Crippen molar-refractivity contribution < 1.29 is 27.4 Å². The number of hydrogen-bond donors (Lipinski definition) is 2. The number of anilines is 2. The molecule has 1 aromatic carbocycles. The van der Waals surface area contributed by atoms with Gasteiger partial charge in [0, 0.05) is 17.0 Å². The van der Waals surface area contributed by atoms with E-state index >= 15 is 0 Å². The van der Waals surface area contributed by atoms with Crippen LogP contribution in [0.25, 0.3) is 22.3 Å². The molecule has 2 N–H and O–H groups in total. The molecular formula is C27H25ClF3N9O3. The first-order chi connectivity index (χ1) is 20.4. The Bertz CT molecular complexity index is 1800. The van der Waals surface area contributed by atoms with E-state index in [9.17, 15) is 18.0 Å². The van der Waals surface area contributed by atoms with Crippen LogP contribution in [0.3, 0.4) is 0 Å². The number of rotatable bonds is 8. The number of pyridine rings is 2. The van der Waals surface area contributed by atoms with Crippen molar-refractivity contribution in [1.82, 2.24) is 34.7 Å². The maximum Gasteiger partial charge on any atom is 0.434 e. The second-order valence-electron chi connectivity index (χ2n) is 10.1. The zero-order valence-electron chi connectivity index (χ0n) is 23.3. The number of alkyl halides is 3. The van der Waals surface area contributed by atoms with Gasteiger partial charge in [0.05, 0.1) is 53.3 Å². The number of methoxy groups -OCH3 is 1. The molecule has 0 aliphatic heterocycles. The molecule has 4 aromatic heterocycles. The molecule has 0 fully saturated rings. The summed E-state index contributed by atoms with van der Waals surface area (Å²) >= 11 is 6.42. The second kappa shape index (κ2) is 11.5. The molecule has 224 valence electrons. The van der Waals surface area contributed by atoms with E-state index in [0.29, 0.717) is 21.3 Å². The van der Waals surface area contributed by atoms with Crippen LogP contribution in [0.2, 0.25) is 5.02 Å². The molecule has 4 heterocycles. The molecule has 1 amide bonds. The highest BCUT2D eigenvalue weighted by Crippen LogP contribution is 2.36. The molecule has 12 nitrogen and oxygen atoms in total. The van der Waals surface area contributed by atoms with Crippen LogP contribution < -0.4 is 15.4 Å². The fourth-order valence-electron chi connectivity index (χ4n) is 4.17. The van der Waals surface area contributed by atoms with E-state index < -0.39 is 23.3 Å². The van der Waals surface area contributed by atoms with Crippen molar-refractivity contribution in [2.45, 2.75) is 32.5 Å². The summed E-state index contributed by atoms with van der Waals surface area (Å²) in [6, 6.07) is 7.54. The average molecular weight is 616 g/mol. The van der Waals surface area contributed by atoms with Crippen molar-refractivity contribution in [3.8, 4) is 17.4 Å². The molecule has 0 spiro atoms. The second-order valence-corrected chi connectivity index (χ2v) is 10.5. The van der Waals surface area contributed by atoms with Gasteiger partial charge in [0.15, 0.2) is 17.3 Å². The van der Waals surface area contributed by atoms with Crippen molar-refractivity contribution in [1.29, 1.82) is 0 Å². The number of nitrogens with zero attached hydrogens (tertiary/aromatic N) is 7. The number of aromatic nitrogens is 7. The normalized spacial score (nSPS) is 12.0. The summed E-state index contributed by atoms with van der Waals surface area (Å²) in [5.74, 6) is -0.233. The van der Waals surface area contributed by atoms with Crippen LogP contribution in [-0.4, -0.2) is 60.1 Å². The average Bonchev–Trinajstić information content (AvgIpc) is 3.59. The Morgan fingerprint density at radius 1 is 1.05 bits per heavy atom. The zero-order valence-corrected chi connectivity index (χ0v) is 24.0. The lowest BCUT2D eigenvalue weighted by Crippen LogP contribution is -2.23. The predicted molar refractivity (Wildman–Crippen MR) is 152 cm³/mol. The maximum atomic E-state index is 14.4. The molecule has 5 rings (SSSR count). The number of halogens is 4. The summed E-state index contributed by atoms with van der Waals surface area (Å²) < 4.78 is 56.1. The number of nitrogens with one attached hydrogen (secondary N) is 2. The van der Waals surface area contributed by atoms with Gasteiger partial charge in [0.2, 0.25) is 5.88 Å². The van der Waals surface area contributed by atoms with Gasteiger partial charge in [-0.05, 0) is 45.0 Å². The van der Waals surface area contributed by atoms with Crippen molar-refractivity contribution in [2.24, 2.45) is 0 Å². The zero-order chi connectivity index (χ0) is 30.9. The summed E-state index contributed by atoms with van der Waals surface area (Å²) in [6.07, 6.45) is 0.00512. The first-order valence-corrected chi connectivity index (χ1v) is 13.1. The smallest absolute Gasteiger partial charge is 0.434 e. The minimum Gasteiger partial charge on any atom is -0.481 e. The summed E-state index contributed by atoms with van der Waals surface area (Å²) in [4.78, 5) is 21.5. The highest BCUT2D eigenvalue weighted by Gasteiger charge is 2.41. The Hall–Kier alpha value is -4.76. The van der Waals surface area contributed by atoms with Crippen LogP contribution >= 0.6 is 11.6 Å². The van der Waals surface area contributed by atoms with Crippen LogP contribution in [0.4, 0.5) is 24.7 Å². The van der Waals surface area contributed by atoms with Crippen LogP contribution in [0.5, 0.6) is 5.88 Å². The summed E-state index contributed by atoms with van der Waals surface area (Å²) in [5, 5.41) is 18.1. The first-order valence-electron chi connectivity index (χ1n) is 12.7. The van der Waals surface area contributed by atoms with Crippen LogP contribution in [0.1, 0.15) is 36.8 Å². The minimum atomic E-state index is -4.94. The predicted octanol–water partition coefficient (Wildman–Crippen LogP) is 5.51. The van der Waals surface area contributed by atoms with Gasteiger partial charge in [-0.1, -0.05) is 22.9 Å². The third-order valence-electron chi connectivity index (χ3n) is 6.04. The van der Waals surface area contributed by atoms with E-state index in [-0.39, 0.29) is 40.4 Å². The van der Waals surface area contributed by atoms with Crippen molar-refractivity contribution in [3.05, 3.63) is 71.4 Å². The molecule has 5 aromatic rings. The van der Waals surface area contributed by atoms with Crippen LogP contribution in [0.15, 0.2) is 55.1 Å². The van der Waals surface area contributed by atoms with Gasteiger partial charge in [-0.25, -0.2) is 14.6 Å². The van der Waals surface area contributed by atoms with E-state index in [1.807, 2.05) is 20.8 Å². The topological polar surface area (TPSA) is 134 Å². The minimum absolute atomic E-state index is 0.0475. The first kappa shape index (κ1) is 29.7. The number of benzene rings is 1. The van der Waals surface area contributed by atoms with Gasteiger partial charge in [-0.2, -0.15) is 23.0 Å². The molecule has 0 atom stereocenters. The number of carbonyl (C=O) groups is 1. The fourth-order valence-corrected chi connectivity index (χ4v) is 4.42. The molecule has 0 saturated carbocycles. The molecule has 0 saturated heterocycles. The highest BCUT2D eigenvalue weighted by molar-refractivity contribution is 6.32. The Labute approximate surface area is 247 Å². The van der Waals surface area contributed by atoms with Gasteiger partial charge in [0.25, 0.3) is 5.91 Å². The fraction of sp³-hybridized carbons (Fsp3) is 0.259. The Morgan fingerprint density at radius 3 is 2.53 bits per heavy atom. The van der Waals surface area contributed by atoms with Crippen molar-refractivity contribution in [2.75, 3.05) is 24.5 Å². The molecule has 0 aliphatic rings. The highest BCUT2D eigenvalue weighted by atomic mass is 35.5. The summed E-state index contributed by atoms with van der Waals surface area (Å²) in [5.41, 5.74) is -2.22. The standard InChI is InChI=1S/C27H25ClF3N9O3/c1-26(2,3)43-14-34-21-13-35-38-40(21)23-19(28)10-15(11-33-23)37-24(41)18-12-36-39(22(18)27(29,30)31)20-7-5-6-17-16(20)8-9-32-25(17)42-4/h5-13,34H,14H2,1-4H3,(H,37,41). The van der Waals surface area contributed by atoms with E-state index in [2.05, 4.69) is 36.0 Å². The van der Waals surface area contributed by atoms with Gasteiger partial charge in [0.1, 0.15) is 6.73 Å². The van der Waals surface area contributed by atoms with Crippen LogP contribution in [-0.2, 0) is 10.9 Å². The lowest BCUT2D eigenvalue weighted by Gasteiger charge is -2.20. The van der Waals surface area contributed by atoms with E-state index in [1.165, 1.54) is 48.6 Å². The number of carbonyl (C=O) groups excluding carboxylic acids is 1. The molecule has 16 heteroatoms. The largest absolute Gasteiger partial charge is 0.481 e. The van der Waals surface area contributed by atoms with Gasteiger partial charge in [-0.15, -0.1) is 5.10 Å². The van der Waals surface area contributed by atoms with E-state index in [1.54, 1.807) is 12.1 Å². The van der Waals surface area contributed by atoms with Gasteiger partial charge < -0.3 is 20.1 Å². The van der Waals surface area contributed by atoms with Crippen molar-refractivity contribution in [3.63, 3.8) is 0 Å². The number of amides is 1. The monoisotopic (exact) mass is 615 g/mol. The van der Waals surface area contributed by atoms with Crippen molar-refractivity contribution >= 4 is 39.8 Å². The summed E-state index contributed by atoms with van der Waals surface area (Å²) in [6.45, 7) is 5.85. The third kappa shape index (κ3) is 6.22. The molecule has 0 radical (unpaired) electrons. The number of fused-ring (bicyclic) bond motifs is 1. The lowest BCUT2D eigenvalue weighted by molar-refractivity contribution is -0.143. The van der Waals surface area contributed by atoms with E-state index in [4.69, 9.17) is 21.1 Å². The molecule has 0 bridgehead atoms. The summed E-state index contributed by atoms with van der Waals surface area (Å²) in [7, 11) is 1.41. The molecule has 43 heavy (non-hydrogen) atoms. The van der Waals surface area contributed by atoms with Crippen LogP contribution in [0, 0.1) is 0 Å². The quantitative estimate of drug-likeness (QED) is 0.217. The van der Waals surface area contributed by atoms with Gasteiger partial charge in [-0.3, -0.25) is 4.79 Å². The van der Waals surface area contributed by atoms with E-state index in [0.717, 1.165) is 6.20 Å².